The number of hydrogen-bond acceptors (Lipinski definition) is 5. The van der Waals surface area contributed by atoms with E-state index in [1.54, 1.807) is 6.92 Å². The Morgan fingerprint density at radius 3 is 2.57 bits per heavy atom. The Hall–Kier alpha value is -1.73. The lowest BCUT2D eigenvalue weighted by molar-refractivity contribution is 0.584. The number of sulfonamides is 1. The van der Waals surface area contributed by atoms with Crippen LogP contribution in [0.3, 0.4) is 0 Å². The summed E-state index contributed by atoms with van der Waals surface area (Å²) in [6.45, 7) is 4.42. The van der Waals surface area contributed by atoms with Crippen LogP contribution in [0.2, 0.25) is 0 Å². The lowest BCUT2D eigenvalue weighted by atomic mass is 10.2. The summed E-state index contributed by atoms with van der Waals surface area (Å²) in [7, 11) is -3.15. The van der Waals surface area contributed by atoms with Crippen molar-refractivity contribution in [3.05, 3.63) is 30.1 Å². The lowest BCUT2D eigenvalue weighted by Gasteiger charge is -2.10. The number of nitrogens with zero attached hydrogens (tertiary/aromatic N) is 2. The zero-order valence-corrected chi connectivity index (χ0v) is 13.1. The highest BCUT2D eigenvalue weighted by molar-refractivity contribution is 7.89. The standard InChI is InChI=1S/C14H20N4O2S/c1-3-13-17-12-8-6-5-7-11(12)14(18-13)15-9-10-16-21(19,20)4-2/h5-8,16H,3-4,9-10H2,1-2H3,(H,15,17,18). The summed E-state index contributed by atoms with van der Waals surface area (Å²) in [6.07, 6.45) is 0.752. The molecule has 0 aliphatic heterocycles. The van der Waals surface area contributed by atoms with Gasteiger partial charge in [0, 0.05) is 24.9 Å². The van der Waals surface area contributed by atoms with Crippen molar-refractivity contribution in [3.63, 3.8) is 0 Å². The maximum atomic E-state index is 11.4. The Labute approximate surface area is 125 Å². The van der Waals surface area contributed by atoms with Crippen LogP contribution in [-0.2, 0) is 16.4 Å². The number of rotatable bonds is 7. The van der Waals surface area contributed by atoms with Gasteiger partial charge in [0.1, 0.15) is 11.6 Å². The molecule has 1 aromatic heterocycles. The summed E-state index contributed by atoms with van der Waals surface area (Å²) in [4.78, 5) is 8.95. The van der Waals surface area contributed by atoms with Crippen molar-refractivity contribution in [2.24, 2.45) is 0 Å². The number of nitrogens with one attached hydrogen (secondary N) is 2. The van der Waals surface area contributed by atoms with Gasteiger partial charge in [0.25, 0.3) is 0 Å². The number of aromatic nitrogens is 2. The fraction of sp³-hybridized carbons (Fsp3) is 0.429. The van der Waals surface area contributed by atoms with Crippen LogP contribution in [0, 0.1) is 0 Å². The fourth-order valence-electron chi connectivity index (χ4n) is 1.91. The molecule has 0 aliphatic carbocycles. The first-order chi connectivity index (χ1) is 10.1. The first kappa shape index (κ1) is 15.7. The molecule has 6 nitrogen and oxygen atoms in total. The molecular weight excluding hydrogens is 288 g/mol. The first-order valence-electron chi connectivity index (χ1n) is 7.02. The van der Waals surface area contributed by atoms with Gasteiger partial charge in [0.2, 0.25) is 10.0 Å². The number of para-hydroxylation sites is 1. The van der Waals surface area contributed by atoms with E-state index in [0.29, 0.717) is 13.1 Å². The SMILES string of the molecule is CCc1nc(NCCNS(=O)(=O)CC)c2ccccc2n1. The molecule has 2 aromatic rings. The van der Waals surface area contributed by atoms with Gasteiger partial charge < -0.3 is 5.32 Å². The second-order valence-electron chi connectivity index (χ2n) is 4.58. The third-order valence-corrected chi connectivity index (χ3v) is 4.49. The minimum Gasteiger partial charge on any atom is -0.368 e. The molecule has 2 N–H and O–H groups in total. The van der Waals surface area contributed by atoms with Gasteiger partial charge in [-0.25, -0.2) is 23.1 Å². The van der Waals surface area contributed by atoms with Crippen LogP contribution in [0.5, 0.6) is 0 Å². The number of aryl methyl sites for hydroxylation is 1. The molecular formula is C14H20N4O2S. The average molecular weight is 308 g/mol. The highest BCUT2D eigenvalue weighted by Crippen LogP contribution is 2.19. The van der Waals surface area contributed by atoms with E-state index in [9.17, 15) is 8.42 Å². The van der Waals surface area contributed by atoms with Crippen molar-refractivity contribution in [2.45, 2.75) is 20.3 Å². The van der Waals surface area contributed by atoms with Gasteiger partial charge in [-0.3, -0.25) is 0 Å². The van der Waals surface area contributed by atoms with Gasteiger partial charge in [0.15, 0.2) is 0 Å². The van der Waals surface area contributed by atoms with E-state index in [1.807, 2.05) is 31.2 Å². The van der Waals surface area contributed by atoms with Crippen molar-refractivity contribution in [1.82, 2.24) is 14.7 Å². The van der Waals surface area contributed by atoms with E-state index >= 15 is 0 Å². The van der Waals surface area contributed by atoms with E-state index in [1.165, 1.54) is 0 Å². The molecule has 1 heterocycles. The molecule has 0 bridgehead atoms. The molecule has 0 spiro atoms. The van der Waals surface area contributed by atoms with Crippen LogP contribution in [0.4, 0.5) is 5.82 Å². The number of anilines is 1. The molecule has 0 amide bonds. The molecule has 1 aromatic carbocycles. The van der Waals surface area contributed by atoms with E-state index in [0.717, 1.165) is 29.0 Å². The zero-order chi connectivity index (χ0) is 15.3. The normalized spacial score (nSPS) is 11.7. The second kappa shape index (κ2) is 6.82. The maximum Gasteiger partial charge on any atom is 0.211 e. The van der Waals surface area contributed by atoms with Crippen LogP contribution in [0.25, 0.3) is 10.9 Å². The topological polar surface area (TPSA) is 84.0 Å². The summed E-state index contributed by atoms with van der Waals surface area (Å²) in [6, 6.07) is 7.77. The summed E-state index contributed by atoms with van der Waals surface area (Å²) >= 11 is 0. The van der Waals surface area contributed by atoms with E-state index in [-0.39, 0.29) is 5.75 Å². The van der Waals surface area contributed by atoms with E-state index in [2.05, 4.69) is 20.0 Å². The zero-order valence-electron chi connectivity index (χ0n) is 12.3. The predicted octanol–water partition coefficient (Wildman–Crippen LogP) is 1.54. The molecule has 0 saturated heterocycles. The van der Waals surface area contributed by atoms with Crippen LogP contribution in [-0.4, -0.2) is 37.2 Å². The van der Waals surface area contributed by atoms with E-state index < -0.39 is 10.0 Å². The number of hydrogen-bond donors (Lipinski definition) is 2. The molecule has 114 valence electrons. The van der Waals surface area contributed by atoms with Gasteiger partial charge in [0.05, 0.1) is 11.3 Å². The summed E-state index contributed by atoms with van der Waals surface area (Å²) < 4.78 is 25.2. The number of benzene rings is 1. The van der Waals surface area contributed by atoms with Crippen LogP contribution >= 0.6 is 0 Å². The van der Waals surface area contributed by atoms with Gasteiger partial charge in [-0.05, 0) is 19.1 Å². The van der Waals surface area contributed by atoms with Gasteiger partial charge in [-0.1, -0.05) is 19.1 Å². The first-order valence-corrected chi connectivity index (χ1v) is 8.68. The summed E-state index contributed by atoms with van der Waals surface area (Å²) in [5.74, 6) is 1.60. The highest BCUT2D eigenvalue weighted by Gasteiger charge is 2.07. The minimum atomic E-state index is -3.15. The highest BCUT2D eigenvalue weighted by atomic mass is 32.2. The summed E-state index contributed by atoms with van der Waals surface area (Å²) in [5, 5.41) is 4.12. The molecule has 0 saturated carbocycles. The van der Waals surface area contributed by atoms with Crippen LogP contribution < -0.4 is 10.0 Å². The maximum absolute atomic E-state index is 11.4. The van der Waals surface area contributed by atoms with Crippen molar-refractivity contribution in [3.8, 4) is 0 Å². The van der Waals surface area contributed by atoms with Crippen LogP contribution in [0.1, 0.15) is 19.7 Å². The predicted molar refractivity (Wildman–Crippen MR) is 84.9 cm³/mol. The molecule has 0 aliphatic rings. The van der Waals surface area contributed by atoms with Crippen molar-refractivity contribution in [2.75, 3.05) is 24.2 Å². The van der Waals surface area contributed by atoms with Gasteiger partial charge in [-0.2, -0.15) is 0 Å². The monoisotopic (exact) mass is 308 g/mol. The third kappa shape index (κ3) is 4.12. The third-order valence-electron chi connectivity index (χ3n) is 3.09. The molecule has 2 rings (SSSR count). The van der Waals surface area contributed by atoms with Crippen molar-refractivity contribution < 1.29 is 8.42 Å². The van der Waals surface area contributed by atoms with E-state index in [4.69, 9.17) is 0 Å². The Kier molecular flexibility index (Phi) is 5.08. The Balaban J connectivity index is 2.11. The molecule has 0 fully saturated rings. The van der Waals surface area contributed by atoms with Gasteiger partial charge >= 0.3 is 0 Å². The smallest absolute Gasteiger partial charge is 0.211 e. The van der Waals surface area contributed by atoms with Crippen molar-refractivity contribution in [1.29, 1.82) is 0 Å². The second-order valence-corrected chi connectivity index (χ2v) is 6.68. The Morgan fingerprint density at radius 1 is 1.10 bits per heavy atom. The van der Waals surface area contributed by atoms with Crippen LogP contribution in [0.15, 0.2) is 24.3 Å². The quantitative estimate of drug-likeness (QED) is 0.758. The average Bonchev–Trinajstić information content (AvgIpc) is 2.51. The largest absolute Gasteiger partial charge is 0.368 e. The van der Waals surface area contributed by atoms with Gasteiger partial charge in [-0.15, -0.1) is 0 Å². The summed E-state index contributed by atoms with van der Waals surface area (Å²) in [5.41, 5.74) is 0.890. The Bertz CT molecular complexity index is 716. The Morgan fingerprint density at radius 2 is 1.86 bits per heavy atom. The number of fused-ring (bicyclic) bond motifs is 1. The molecule has 0 radical (unpaired) electrons. The minimum absolute atomic E-state index is 0.0867. The lowest BCUT2D eigenvalue weighted by Crippen LogP contribution is -2.30. The molecule has 0 unspecified atom stereocenters. The molecule has 21 heavy (non-hydrogen) atoms. The molecule has 7 heteroatoms. The fourth-order valence-corrected chi connectivity index (χ4v) is 2.52. The van der Waals surface area contributed by atoms with Crippen molar-refractivity contribution >= 4 is 26.7 Å². The molecule has 0 atom stereocenters.